The number of aliphatic hydroxyl groups excluding tert-OH is 1. The zero-order valence-corrected chi connectivity index (χ0v) is 8.29. The van der Waals surface area contributed by atoms with Crippen molar-refractivity contribution >= 4 is 5.91 Å². The normalized spacial score (nSPS) is 23.7. The van der Waals surface area contributed by atoms with Gasteiger partial charge in [0, 0.05) is 25.0 Å². The van der Waals surface area contributed by atoms with Crippen molar-refractivity contribution in [1.82, 2.24) is 4.90 Å². The summed E-state index contributed by atoms with van der Waals surface area (Å²) in [6.07, 6.45) is 0.695. The molecule has 1 aliphatic heterocycles. The van der Waals surface area contributed by atoms with Crippen LogP contribution in [0.15, 0.2) is 0 Å². The first-order valence-corrected chi connectivity index (χ1v) is 4.63. The molecule has 1 heterocycles. The SMILES string of the molecule is CC(C)(N)CC(=O)N1CCC(O)C1. The highest BCUT2D eigenvalue weighted by atomic mass is 16.3. The number of amides is 1. The van der Waals surface area contributed by atoms with Crippen LogP contribution in [0.5, 0.6) is 0 Å². The molecule has 1 aliphatic rings. The third-order valence-electron chi connectivity index (χ3n) is 2.12. The number of likely N-dealkylation sites (tertiary alicyclic amines) is 1. The molecule has 76 valence electrons. The van der Waals surface area contributed by atoms with Gasteiger partial charge in [0.15, 0.2) is 0 Å². The van der Waals surface area contributed by atoms with E-state index < -0.39 is 5.54 Å². The molecule has 3 N–H and O–H groups in total. The molecule has 0 aromatic carbocycles. The number of carbonyl (C=O) groups is 1. The van der Waals surface area contributed by atoms with Gasteiger partial charge in [-0.05, 0) is 20.3 Å². The smallest absolute Gasteiger partial charge is 0.224 e. The van der Waals surface area contributed by atoms with Crippen molar-refractivity contribution in [2.45, 2.75) is 38.3 Å². The van der Waals surface area contributed by atoms with Gasteiger partial charge in [0.2, 0.25) is 5.91 Å². The summed E-state index contributed by atoms with van der Waals surface area (Å²) < 4.78 is 0. The molecule has 0 aromatic heterocycles. The Kier molecular flexibility index (Phi) is 2.93. The van der Waals surface area contributed by atoms with Crippen LogP contribution in [0.1, 0.15) is 26.7 Å². The minimum atomic E-state index is -0.454. The quantitative estimate of drug-likeness (QED) is 0.622. The van der Waals surface area contributed by atoms with E-state index in [0.717, 1.165) is 0 Å². The first kappa shape index (κ1) is 10.5. The molecule has 1 atom stereocenters. The monoisotopic (exact) mass is 186 g/mol. The molecule has 1 saturated heterocycles. The minimum absolute atomic E-state index is 0.0454. The lowest BCUT2D eigenvalue weighted by Crippen LogP contribution is -2.40. The van der Waals surface area contributed by atoms with Crippen molar-refractivity contribution in [2.75, 3.05) is 13.1 Å². The molecule has 4 heteroatoms. The zero-order valence-electron chi connectivity index (χ0n) is 8.29. The van der Waals surface area contributed by atoms with Gasteiger partial charge in [-0.15, -0.1) is 0 Å². The molecule has 1 rings (SSSR count). The number of aliphatic hydroxyl groups is 1. The number of nitrogens with zero attached hydrogens (tertiary/aromatic N) is 1. The predicted octanol–water partition coefficient (Wildman–Crippen LogP) is -0.293. The van der Waals surface area contributed by atoms with E-state index in [-0.39, 0.29) is 12.0 Å². The summed E-state index contributed by atoms with van der Waals surface area (Å²) in [5, 5.41) is 9.22. The van der Waals surface area contributed by atoms with Crippen molar-refractivity contribution in [3.8, 4) is 0 Å². The van der Waals surface area contributed by atoms with Crippen molar-refractivity contribution in [1.29, 1.82) is 0 Å². The molecule has 1 unspecified atom stereocenters. The van der Waals surface area contributed by atoms with Gasteiger partial charge in [-0.3, -0.25) is 4.79 Å². The van der Waals surface area contributed by atoms with Crippen LogP contribution in [0.25, 0.3) is 0 Å². The zero-order chi connectivity index (χ0) is 10.1. The molecule has 0 radical (unpaired) electrons. The Morgan fingerprint density at radius 1 is 1.69 bits per heavy atom. The van der Waals surface area contributed by atoms with Gasteiger partial charge < -0.3 is 15.7 Å². The maximum atomic E-state index is 11.5. The van der Waals surface area contributed by atoms with E-state index in [1.54, 1.807) is 4.90 Å². The van der Waals surface area contributed by atoms with Crippen LogP contribution in [0.2, 0.25) is 0 Å². The van der Waals surface area contributed by atoms with E-state index in [1.165, 1.54) is 0 Å². The second-order valence-corrected chi connectivity index (χ2v) is 4.45. The summed E-state index contributed by atoms with van der Waals surface area (Å²) in [7, 11) is 0. The van der Waals surface area contributed by atoms with Crippen molar-refractivity contribution in [2.24, 2.45) is 5.73 Å². The Morgan fingerprint density at radius 3 is 2.69 bits per heavy atom. The van der Waals surface area contributed by atoms with Gasteiger partial charge in [-0.1, -0.05) is 0 Å². The van der Waals surface area contributed by atoms with E-state index in [9.17, 15) is 9.90 Å². The molecule has 0 bridgehead atoms. The number of hydrogen-bond acceptors (Lipinski definition) is 3. The molecular weight excluding hydrogens is 168 g/mol. The lowest BCUT2D eigenvalue weighted by molar-refractivity contribution is -0.131. The van der Waals surface area contributed by atoms with E-state index in [2.05, 4.69) is 0 Å². The van der Waals surface area contributed by atoms with Crippen LogP contribution in [0.3, 0.4) is 0 Å². The number of nitrogens with two attached hydrogens (primary N) is 1. The van der Waals surface area contributed by atoms with Gasteiger partial charge >= 0.3 is 0 Å². The second-order valence-electron chi connectivity index (χ2n) is 4.45. The first-order valence-electron chi connectivity index (χ1n) is 4.63. The Morgan fingerprint density at radius 2 is 2.31 bits per heavy atom. The highest BCUT2D eigenvalue weighted by Crippen LogP contribution is 2.13. The fraction of sp³-hybridized carbons (Fsp3) is 0.889. The third kappa shape index (κ3) is 3.32. The first-order chi connectivity index (χ1) is 5.88. The predicted molar refractivity (Wildman–Crippen MR) is 50.1 cm³/mol. The largest absolute Gasteiger partial charge is 0.391 e. The summed E-state index contributed by atoms with van der Waals surface area (Å²) in [5.74, 6) is 0.0454. The summed E-state index contributed by atoms with van der Waals surface area (Å²) >= 11 is 0. The highest BCUT2D eigenvalue weighted by Gasteiger charge is 2.27. The van der Waals surface area contributed by atoms with Crippen LogP contribution in [-0.2, 0) is 4.79 Å². The lowest BCUT2D eigenvalue weighted by atomic mass is 10.0. The minimum Gasteiger partial charge on any atom is -0.391 e. The average molecular weight is 186 g/mol. The summed E-state index contributed by atoms with van der Waals surface area (Å²) in [6, 6.07) is 0. The molecule has 0 aliphatic carbocycles. The molecule has 4 nitrogen and oxygen atoms in total. The molecule has 0 saturated carbocycles. The molecule has 1 fully saturated rings. The topological polar surface area (TPSA) is 66.6 Å². The molecule has 0 spiro atoms. The summed E-state index contributed by atoms with van der Waals surface area (Å²) in [6.45, 7) is 4.79. The molecule has 13 heavy (non-hydrogen) atoms. The van der Waals surface area contributed by atoms with E-state index in [0.29, 0.717) is 25.9 Å². The van der Waals surface area contributed by atoms with Crippen LogP contribution >= 0.6 is 0 Å². The van der Waals surface area contributed by atoms with E-state index >= 15 is 0 Å². The molecule has 1 amide bonds. The van der Waals surface area contributed by atoms with E-state index in [1.807, 2.05) is 13.8 Å². The Balaban J connectivity index is 2.41. The fourth-order valence-corrected chi connectivity index (χ4v) is 1.47. The van der Waals surface area contributed by atoms with Crippen molar-refractivity contribution in [3.63, 3.8) is 0 Å². The number of hydrogen-bond donors (Lipinski definition) is 2. The number of rotatable bonds is 2. The Hall–Kier alpha value is -0.610. The second kappa shape index (κ2) is 3.64. The maximum absolute atomic E-state index is 11.5. The van der Waals surface area contributed by atoms with Crippen LogP contribution in [-0.4, -0.2) is 40.6 Å². The van der Waals surface area contributed by atoms with Crippen molar-refractivity contribution < 1.29 is 9.90 Å². The molecule has 0 aromatic rings. The average Bonchev–Trinajstić information content (AvgIpc) is 2.31. The van der Waals surface area contributed by atoms with Gasteiger partial charge in [0.05, 0.1) is 6.10 Å². The number of carbonyl (C=O) groups excluding carboxylic acids is 1. The van der Waals surface area contributed by atoms with Crippen LogP contribution < -0.4 is 5.73 Å². The Labute approximate surface area is 78.7 Å². The van der Waals surface area contributed by atoms with Crippen molar-refractivity contribution in [3.05, 3.63) is 0 Å². The lowest BCUT2D eigenvalue weighted by Gasteiger charge is -2.22. The van der Waals surface area contributed by atoms with Gasteiger partial charge in [-0.25, -0.2) is 0 Å². The van der Waals surface area contributed by atoms with Gasteiger partial charge in [0.25, 0.3) is 0 Å². The van der Waals surface area contributed by atoms with Gasteiger partial charge in [0.1, 0.15) is 0 Å². The maximum Gasteiger partial charge on any atom is 0.224 e. The highest BCUT2D eigenvalue weighted by molar-refractivity contribution is 5.77. The molecular formula is C9H18N2O2. The van der Waals surface area contributed by atoms with Gasteiger partial charge in [-0.2, -0.15) is 0 Å². The Bertz CT molecular complexity index is 198. The summed E-state index contributed by atoms with van der Waals surface area (Å²) in [4.78, 5) is 13.2. The van der Waals surface area contributed by atoms with Crippen LogP contribution in [0.4, 0.5) is 0 Å². The standard InChI is InChI=1S/C9H18N2O2/c1-9(2,10)5-8(13)11-4-3-7(12)6-11/h7,12H,3-6,10H2,1-2H3. The van der Waals surface area contributed by atoms with Crippen LogP contribution in [0, 0.1) is 0 Å². The summed E-state index contributed by atoms with van der Waals surface area (Å²) in [5.41, 5.74) is 5.27. The third-order valence-corrected chi connectivity index (χ3v) is 2.12. The van der Waals surface area contributed by atoms with E-state index in [4.69, 9.17) is 5.73 Å². The fourth-order valence-electron chi connectivity index (χ4n) is 1.47. The number of β-amino-alcohol motifs (C(OH)–C–C–N with tert-alkyl or cyclic N) is 1.